The van der Waals surface area contributed by atoms with Crippen LogP contribution in [0.2, 0.25) is 0 Å². The second kappa shape index (κ2) is 8.92. The van der Waals surface area contributed by atoms with Crippen molar-refractivity contribution in [2.24, 2.45) is 0 Å². The maximum Gasteiger partial charge on any atom is 0.230 e. The lowest BCUT2D eigenvalue weighted by atomic mass is 10.1. The van der Waals surface area contributed by atoms with Gasteiger partial charge >= 0.3 is 0 Å². The first-order valence-corrected chi connectivity index (χ1v) is 10.5. The Kier molecular flexibility index (Phi) is 5.91. The van der Waals surface area contributed by atoms with Crippen molar-refractivity contribution in [1.82, 2.24) is 20.1 Å². The Morgan fingerprint density at radius 3 is 2.52 bits per heavy atom. The third kappa shape index (κ3) is 4.84. The SMILES string of the molecule is Cc1nnc(SCC(=O)NCc2ccc3ccccc3c2)n1Cc1ccccc1. The zero-order valence-corrected chi connectivity index (χ0v) is 17.0. The van der Waals surface area contributed by atoms with E-state index in [-0.39, 0.29) is 5.91 Å². The van der Waals surface area contributed by atoms with Crippen LogP contribution in [0.15, 0.2) is 78.0 Å². The van der Waals surface area contributed by atoms with E-state index in [9.17, 15) is 4.79 Å². The lowest BCUT2D eigenvalue weighted by molar-refractivity contribution is -0.118. The standard InChI is InChI=1S/C23H22N4OS/c1-17-25-26-23(27(17)15-18-7-3-2-4-8-18)29-16-22(28)24-14-19-11-12-20-9-5-6-10-21(20)13-19/h2-13H,14-16H2,1H3,(H,24,28). The van der Waals surface area contributed by atoms with E-state index in [4.69, 9.17) is 0 Å². The van der Waals surface area contributed by atoms with Gasteiger partial charge in [-0.05, 0) is 34.9 Å². The van der Waals surface area contributed by atoms with Gasteiger partial charge in [-0.1, -0.05) is 78.5 Å². The number of benzene rings is 3. The van der Waals surface area contributed by atoms with E-state index in [0.717, 1.165) is 16.5 Å². The fourth-order valence-corrected chi connectivity index (χ4v) is 3.96. The summed E-state index contributed by atoms with van der Waals surface area (Å²) in [4.78, 5) is 12.3. The van der Waals surface area contributed by atoms with Crippen LogP contribution < -0.4 is 5.32 Å². The van der Waals surface area contributed by atoms with Crippen molar-refractivity contribution < 1.29 is 4.79 Å². The van der Waals surface area contributed by atoms with Crippen molar-refractivity contribution in [3.63, 3.8) is 0 Å². The molecule has 4 rings (SSSR count). The predicted molar refractivity (Wildman–Crippen MR) is 117 cm³/mol. The highest BCUT2D eigenvalue weighted by Crippen LogP contribution is 2.19. The Morgan fingerprint density at radius 2 is 1.69 bits per heavy atom. The third-order valence-corrected chi connectivity index (χ3v) is 5.69. The zero-order valence-electron chi connectivity index (χ0n) is 16.2. The molecule has 6 heteroatoms. The van der Waals surface area contributed by atoms with E-state index >= 15 is 0 Å². The zero-order chi connectivity index (χ0) is 20.1. The van der Waals surface area contributed by atoms with Gasteiger partial charge < -0.3 is 9.88 Å². The number of carbonyl (C=O) groups is 1. The Balaban J connectivity index is 1.33. The predicted octanol–water partition coefficient (Wildman–Crippen LogP) is 4.20. The van der Waals surface area contributed by atoms with Crippen molar-refractivity contribution in [3.8, 4) is 0 Å². The summed E-state index contributed by atoms with van der Waals surface area (Å²) < 4.78 is 2.04. The lowest BCUT2D eigenvalue weighted by Gasteiger charge is -2.09. The molecule has 0 radical (unpaired) electrons. The van der Waals surface area contributed by atoms with E-state index in [1.54, 1.807) is 0 Å². The van der Waals surface area contributed by atoms with Crippen LogP contribution in [0.3, 0.4) is 0 Å². The summed E-state index contributed by atoms with van der Waals surface area (Å²) in [5, 5.41) is 14.5. The summed E-state index contributed by atoms with van der Waals surface area (Å²) in [5.41, 5.74) is 2.27. The largest absolute Gasteiger partial charge is 0.351 e. The summed E-state index contributed by atoms with van der Waals surface area (Å²) >= 11 is 1.41. The van der Waals surface area contributed by atoms with Crippen LogP contribution in [-0.4, -0.2) is 26.4 Å². The van der Waals surface area contributed by atoms with E-state index in [1.807, 2.05) is 41.8 Å². The molecule has 0 aliphatic carbocycles. The number of hydrogen-bond donors (Lipinski definition) is 1. The van der Waals surface area contributed by atoms with Gasteiger partial charge in [-0.2, -0.15) is 0 Å². The lowest BCUT2D eigenvalue weighted by Crippen LogP contribution is -2.24. The quantitative estimate of drug-likeness (QED) is 0.471. The molecule has 0 saturated carbocycles. The van der Waals surface area contributed by atoms with Crippen LogP contribution in [-0.2, 0) is 17.9 Å². The Morgan fingerprint density at radius 1 is 0.931 bits per heavy atom. The van der Waals surface area contributed by atoms with Crippen molar-refractivity contribution in [3.05, 3.63) is 89.7 Å². The van der Waals surface area contributed by atoms with Crippen LogP contribution in [0.5, 0.6) is 0 Å². The highest BCUT2D eigenvalue weighted by atomic mass is 32.2. The minimum Gasteiger partial charge on any atom is -0.351 e. The number of carbonyl (C=O) groups excluding carboxylic acids is 1. The number of fused-ring (bicyclic) bond motifs is 1. The highest BCUT2D eigenvalue weighted by Gasteiger charge is 2.12. The molecule has 0 atom stereocenters. The minimum atomic E-state index is -0.0185. The highest BCUT2D eigenvalue weighted by molar-refractivity contribution is 7.99. The number of rotatable bonds is 7. The number of amides is 1. The molecule has 0 bridgehead atoms. The van der Waals surface area contributed by atoms with Gasteiger partial charge in [-0.25, -0.2) is 0 Å². The summed E-state index contributed by atoms with van der Waals surface area (Å²) in [6.45, 7) is 3.14. The number of aryl methyl sites for hydroxylation is 1. The Bertz CT molecular complexity index is 1120. The first-order valence-electron chi connectivity index (χ1n) is 9.50. The van der Waals surface area contributed by atoms with Gasteiger partial charge in [0.2, 0.25) is 5.91 Å². The van der Waals surface area contributed by atoms with Gasteiger partial charge in [0.25, 0.3) is 0 Å². The van der Waals surface area contributed by atoms with Gasteiger partial charge in [-0.15, -0.1) is 10.2 Å². The molecule has 0 fully saturated rings. The topological polar surface area (TPSA) is 59.8 Å². The summed E-state index contributed by atoms with van der Waals surface area (Å²) in [5.74, 6) is 1.13. The number of nitrogens with zero attached hydrogens (tertiary/aromatic N) is 3. The number of thioether (sulfide) groups is 1. The molecule has 1 aromatic heterocycles. The van der Waals surface area contributed by atoms with Crippen LogP contribution in [0.25, 0.3) is 10.8 Å². The summed E-state index contributed by atoms with van der Waals surface area (Å²) in [6.07, 6.45) is 0. The molecule has 0 aliphatic heterocycles. The molecule has 0 spiro atoms. The molecular formula is C23H22N4OS. The second-order valence-electron chi connectivity index (χ2n) is 6.85. The summed E-state index contributed by atoms with van der Waals surface area (Å²) in [7, 11) is 0. The van der Waals surface area contributed by atoms with Gasteiger partial charge in [0.1, 0.15) is 5.82 Å². The molecule has 5 nitrogen and oxygen atoms in total. The molecule has 0 aliphatic rings. The Hall–Kier alpha value is -3.12. The molecule has 0 unspecified atom stereocenters. The third-order valence-electron chi connectivity index (χ3n) is 4.72. The van der Waals surface area contributed by atoms with Crippen LogP contribution in [0.1, 0.15) is 17.0 Å². The smallest absolute Gasteiger partial charge is 0.230 e. The molecule has 1 amide bonds. The maximum absolute atomic E-state index is 12.3. The fraction of sp³-hybridized carbons (Fsp3) is 0.174. The van der Waals surface area contributed by atoms with E-state index < -0.39 is 0 Å². The molecule has 29 heavy (non-hydrogen) atoms. The van der Waals surface area contributed by atoms with E-state index in [2.05, 4.69) is 58.0 Å². The molecule has 3 aromatic carbocycles. The van der Waals surface area contributed by atoms with Gasteiger partial charge in [0.15, 0.2) is 5.16 Å². The Labute approximate surface area is 174 Å². The second-order valence-corrected chi connectivity index (χ2v) is 7.79. The normalized spacial score (nSPS) is 10.9. The molecule has 1 N–H and O–H groups in total. The van der Waals surface area contributed by atoms with Crippen LogP contribution in [0.4, 0.5) is 0 Å². The molecular weight excluding hydrogens is 380 g/mol. The molecule has 0 saturated heterocycles. The molecule has 146 valence electrons. The van der Waals surface area contributed by atoms with Crippen LogP contribution in [0, 0.1) is 6.92 Å². The average Bonchev–Trinajstić information content (AvgIpc) is 3.10. The number of hydrogen-bond acceptors (Lipinski definition) is 4. The monoisotopic (exact) mass is 402 g/mol. The molecule has 4 aromatic rings. The van der Waals surface area contributed by atoms with Crippen molar-refractivity contribution >= 4 is 28.4 Å². The van der Waals surface area contributed by atoms with Gasteiger partial charge in [0.05, 0.1) is 12.3 Å². The number of nitrogens with one attached hydrogen (secondary N) is 1. The van der Waals surface area contributed by atoms with Crippen molar-refractivity contribution in [1.29, 1.82) is 0 Å². The molecule has 1 heterocycles. The van der Waals surface area contributed by atoms with E-state index in [1.165, 1.54) is 28.1 Å². The summed E-state index contributed by atoms with van der Waals surface area (Å²) in [6, 6.07) is 24.6. The minimum absolute atomic E-state index is 0.0185. The van der Waals surface area contributed by atoms with Crippen molar-refractivity contribution in [2.75, 3.05) is 5.75 Å². The number of aromatic nitrogens is 3. The fourth-order valence-electron chi connectivity index (χ4n) is 3.15. The van der Waals surface area contributed by atoms with E-state index in [0.29, 0.717) is 18.8 Å². The first kappa shape index (κ1) is 19.2. The van der Waals surface area contributed by atoms with Gasteiger partial charge in [-0.3, -0.25) is 4.79 Å². The maximum atomic E-state index is 12.3. The average molecular weight is 403 g/mol. The van der Waals surface area contributed by atoms with Crippen LogP contribution >= 0.6 is 11.8 Å². The van der Waals surface area contributed by atoms with Crippen molar-refractivity contribution in [2.45, 2.75) is 25.2 Å². The van der Waals surface area contributed by atoms with Gasteiger partial charge in [0, 0.05) is 6.54 Å². The first-order chi connectivity index (χ1) is 14.2.